The lowest BCUT2D eigenvalue weighted by Gasteiger charge is -2.50. The summed E-state index contributed by atoms with van der Waals surface area (Å²) in [5.74, 6) is 1.01. The molecule has 1 unspecified atom stereocenters. The number of carbonyl (C=O) groups is 1. The highest BCUT2D eigenvalue weighted by Crippen LogP contribution is 2.53. The van der Waals surface area contributed by atoms with Crippen molar-refractivity contribution in [1.82, 2.24) is 4.90 Å². The zero-order valence-corrected chi connectivity index (χ0v) is 24.9. The van der Waals surface area contributed by atoms with Crippen molar-refractivity contribution in [2.75, 3.05) is 13.4 Å². The van der Waals surface area contributed by atoms with E-state index in [-0.39, 0.29) is 29.9 Å². The van der Waals surface area contributed by atoms with E-state index in [1.807, 2.05) is 60.4 Å². The lowest BCUT2D eigenvalue weighted by molar-refractivity contribution is -0.174. The Hall–Kier alpha value is -2.65. The van der Waals surface area contributed by atoms with Gasteiger partial charge in [0.15, 0.2) is 19.8 Å². The largest absolute Gasteiger partial charge is 0.454 e. The van der Waals surface area contributed by atoms with Crippen LogP contribution in [0.3, 0.4) is 0 Å². The van der Waals surface area contributed by atoms with Crippen molar-refractivity contribution < 1.29 is 28.5 Å². The van der Waals surface area contributed by atoms with Crippen molar-refractivity contribution in [2.24, 2.45) is 0 Å². The van der Waals surface area contributed by atoms with Crippen molar-refractivity contribution >= 4 is 14.2 Å². The summed E-state index contributed by atoms with van der Waals surface area (Å²) in [6, 6.07) is 15.2. The summed E-state index contributed by atoms with van der Waals surface area (Å²) in [5.41, 5.74) is -0.409. The molecule has 2 fully saturated rings. The fourth-order valence-corrected chi connectivity index (χ4v) is 6.90. The Balaban J connectivity index is 1.59. The van der Waals surface area contributed by atoms with E-state index in [1.54, 1.807) is 0 Å². The van der Waals surface area contributed by atoms with Gasteiger partial charge in [0.1, 0.15) is 17.2 Å². The number of benzene rings is 2. The molecule has 2 saturated heterocycles. The van der Waals surface area contributed by atoms with Crippen molar-refractivity contribution in [3.05, 3.63) is 72.3 Å². The minimum Gasteiger partial charge on any atom is -0.454 e. The Labute approximate surface area is 232 Å². The molecule has 2 aromatic rings. The van der Waals surface area contributed by atoms with E-state index in [4.69, 9.17) is 18.6 Å². The van der Waals surface area contributed by atoms with Gasteiger partial charge in [0.05, 0.1) is 18.8 Å². The fraction of sp³-hybridized carbons (Fsp3) is 0.516. The minimum absolute atomic E-state index is 0.0131. The van der Waals surface area contributed by atoms with Crippen LogP contribution in [0.5, 0.6) is 11.5 Å². The first kappa shape index (κ1) is 27.9. The Morgan fingerprint density at radius 3 is 2.51 bits per heavy atom. The molecule has 1 amide bonds. The zero-order chi connectivity index (χ0) is 28.2. The molecule has 3 heterocycles. The number of aliphatic hydroxyl groups excluding tert-OH is 1. The number of amides is 1. The second-order valence-electron chi connectivity index (χ2n) is 12.7. The summed E-state index contributed by atoms with van der Waals surface area (Å²) in [7, 11) is -2.14. The Kier molecular flexibility index (Phi) is 6.98. The SMILES string of the molecule is C=CC(O)[C@@]1(c2ccc3c(c2)OCO3)CC[C@@]2(C)O[C@@H](c3ccccc3)[C@H](CO[Si](C)(C)C(C)(C)C)N2C1=O. The van der Waals surface area contributed by atoms with E-state index in [0.717, 1.165) is 5.56 Å². The van der Waals surface area contributed by atoms with Gasteiger partial charge in [-0.15, -0.1) is 6.58 Å². The average Bonchev–Trinajstić information content (AvgIpc) is 3.49. The summed E-state index contributed by atoms with van der Waals surface area (Å²) < 4.78 is 24.7. The van der Waals surface area contributed by atoms with Crippen molar-refractivity contribution in [3.63, 3.8) is 0 Å². The number of rotatable bonds is 7. The average molecular weight is 552 g/mol. The lowest BCUT2D eigenvalue weighted by Crippen LogP contribution is -2.65. The number of aliphatic hydroxyl groups is 1. The van der Waals surface area contributed by atoms with Gasteiger partial charge in [-0.2, -0.15) is 0 Å². The molecule has 210 valence electrons. The van der Waals surface area contributed by atoms with Crippen LogP contribution in [0.2, 0.25) is 18.1 Å². The second kappa shape index (κ2) is 9.77. The molecule has 0 radical (unpaired) electrons. The molecule has 39 heavy (non-hydrogen) atoms. The van der Waals surface area contributed by atoms with Crippen LogP contribution in [-0.4, -0.2) is 55.5 Å². The van der Waals surface area contributed by atoms with Crippen LogP contribution in [0.15, 0.2) is 61.2 Å². The first-order chi connectivity index (χ1) is 18.3. The number of carbonyl (C=O) groups excluding carboxylic acids is 1. The molecule has 0 saturated carbocycles. The minimum atomic E-state index is -2.14. The number of ether oxygens (including phenoxy) is 3. The topological polar surface area (TPSA) is 77.5 Å². The van der Waals surface area contributed by atoms with E-state index >= 15 is 0 Å². The fourth-order valence-electron chi connectivity index (χ4n) is 5.88. The molecule has 3 aliphatic rings. The summed E-state index contributed by atoms with van der Waals surface area (Å²) in [4.78, 5) is 16.7. The molecule has 2 aromatic carbocycles. The predicted molar refractivity (Wildman–Crippen MR) is 152 cm³/mol. The van der Waals surface area contributed by atoms with Crippen LogP contribution in [0.1, 0.15) is 57.8 Å². The third-order valence-corrected chi connectivity index (χ3v) is 13.8. The normalized spacial score (nSPS) is 29.3. The molecule has 0 aliphatic carbocycles. The summed E-state index contributed by atoms with van der Waals surface area (Å²) >= 11 is 0. The zero-order valence-electron chi connectivity index (χ0n) is 23.9. The number of hydrogen-bond donors (Lipinski definition) is 1. The Bertz CT molecular complexity index is 1240. The molecule has 5 atom stereocenters. The smallest absolute Gasteiger partial charge is 0.238 e. The van der Waals surface area contributed by atoms with Gasteiger partial charge in [-0.1, -0.05) is 63.2 Å². The molecule has 8 heteroatoms. The van der Waals surface area contributed by atoms with E-state index in [9.17, 15) is 9.90 Å². The highest BCUT2D eigenvalue weighted by Gasteiger charge is 2.63. The first-order valence-electron chi connectivity index (χ1n) is 13.8. The van der Waals surface area contributed by atoms with Crippen molar-refractivity contribution in [2.45, 2.75) is 88.1 Å². The van der Waals surface area contributed by atoms with E-state index < -0.39 is 25.6 Å². The van der Waals surface area contributed by atoms with Gasteiger partial charge < -0.3 is 28.6 Å². The molecule has 3 aliphatic heterocycles. The van der Waals surface area contributed by atoms with Crippen LogP contribution >= 0.6 is 0 Å². The van der Waals surface area contributed by atoms with Crippen LogP contribution in [-0.2, 0) is 19.4 Å². The number of piperidine rings is 1. The Morgan fingerprint density at radius 1 is 1.15 bits per heavy atom. The van der Waals surface area contributed by atoms with E-state index in [1.165, 1.54) is 6.08 Å². The molecule has 0 bridgehead atoms. The van der Waals surface area contributed by atoms with Gasteiger partial charge in [0, 0.05) is 0 Å². The summed E-state index contributed by atoms with van der Waals surface area (Å²) in [5, 5.41) is 11.5. The molecule has 0 aromatic heterocycles. The standard InChI is InChI=1S/C31H41NO6Si/c1-8-26(33)31(22-14-15-24-25(18-22)36-20-35-24)17-16-30(5)32(28(31)34)23(19-37-39(6,7)29(2,3)4)27(38-30)21-12-10-9-11-13-21/h8-15,18,23,26-27,33H,1,16-17,19-20H2,2-7H3/t23-,26?,27-,30+,31-/m0/s1. The van der Waals surface area contributed by atoms with Gasteiger partial charge in [-0.3, -0.25) is 4.79 Å². The maximum absolute atomic E-state index is 14.9. The number of hydrogen-bond acceptors (Lipinski definition) is 6. The molecular formula is C31H41NO6Si. The molecule has 5 rings (SSSR count). The molecule has 1 N–H and O–H groups in total. The third-order valence-electron chi connectivity index (χ3n) is 9.32. The monoisotopic (exact) mass is 551 g/mol. The highest BCUT2D eigenvalue weighted by molar-refractivity contribution is 6.74. The van der Waals surface area contributed by atoms with Gasteiger partial charge in [-0.05, 0) is 61.2 Å². The molecular weight excluding hydrogens is 510 g/mol. The highest BCUT2D eigenvalue weighted by atomic mass is 28.4. The summed E-state index contributed by atoms with van der Waals surface area (Å²) in [6.07, 6.45) is 0.921. The summed E-state index contributed by atoms with van der Waals surface area (Å²) in [6.45, 7) is 17.4. The second-order valence-corrected chi connectivity index (χ2v) is 17.5. The van der Waals surface area contributed by atoms with Crippen LogP contribution in [0.4, 0.5) is 0 Å². The number of fused-ring (bicyclic) bond motifs is 2. The third kappa shape index (κ3) is 4.51. The maximum Gasteiger partial charge on any atom is 0.238 e. The van der Waals surface area contributed by atoms with Crippen LogP contribution in [0, 0.1) is 0 Å². The predicted octanol–water partition coefficient (Wildman–Crippen LogP) is 5.70. The number of nitrogens with zero attached hydrogens (tertiary/aromatic N) is 1. The van der Waals surface area contributed by atoms with Crippen LogP contribution < -0.4 is 9.47 Å². The molecule has 7 nitrogen and oxygen atoms in total. The van der Waals surface area contributed by atoms with Gasteiger partial charge >= 0.3 is 0 Å². The molecule has 0 spiro atoms. The Morgan fingerprint density at radius 2 is 1.85 bits per heavy atom. The van der Waals surface area contributed by atoms with Crippen molar-refractivity contribution in [1.29, 1.82) is 0 Å². The van der Waals surface area contributed by atoms with Gasteiger partial charge in [0.2, 0.25) is 12.7 Å². The lowest BCUT2D eigenvalue weighted by atomic mass is 9.67. The van der Waals surface area contributed by atoms with E-state index in [0.29, 0.717) is 36.5 Å². The van der Waals surface area contributed by atoms with E-state index in [2.05, 4.69) is 40.4 Å². The quantitative estimate of drug-likeness (QED) is 0.351. The van der Waals surface area contributed by atoms with Gasteiger partial charge in [-0.25, -0.2) is 0 Å². The van der Waals surface area contributed by atoms with Gasteiger partial charge in [0.25, 0.3) is 0 Å². The first-order valence-corrected chi connectivity index (χ1v) is 16.7. The van der Waals surface area contributed by atoms with Crippen molar-refractivity contribution in [3.8, 4) is 11.5 Å². The maximum atomic E-state index is 14.9. The van der Waals surface area contributed by atoms with Crippen LogP contribution in [0.25, 0.3) is 0 Å².